The van der Waals surface area contributed by atoms with Crippen molar-refractivity contribution in [3.8, 4) is 0 Å². The molecule has 0 heterocycles. The molecule has 1 aromatic rings. The predicted molar refractivity (Wildman–Crippen MR) is 75.9 cm³/mol. The summed E-state index contributed by atoms with van der Waals surface area (Å²) in [6.07, 6.45) is 1.21. The standard InChI is InChI=1S/C12H17Cl2NS/c1-3-6-16-8-12(15-2)9-4-5-10(13)11(14)7-9/h4-5,7,12,15H,3,6,8H2,1-2H3. The van der Waals surface area contributed by atoms with Crippen LogP contribution in [0.2, 0.25) is 10.0 Å². The number of hydrogen-bond acceptors (Lipinski definition) is 2. The lowest BCUT2D eigenvalue weighted by atomic mass is 10.1. The summed E-state index contributed by atoms with van der Waals surface area (Å²) >= 11 is 13.9. The molecule has 0 fully saturated rings. The molecular weight excluding hydrogens is 261 g/mol. The highest BCUT2D eigenvalue weighted by molar-refractivity contribution is 7.99. The van der Waals surface area contributed by atoms with E-state index in [9.17, 15) is 0 Å². The number of benzene rings is 1. The van der Waals surface area contributed by atoms with E-state index in [1.165, 1.54) is 17.7 Å². The van der Waals surface area contributed by atoms with E-state index in [2.05, 4.69) is 12.2 Å². The van der Waals surface area contributed by atoms with Crippen LogP contribution in [0.4, 0.5) is 0 Å². The van der Waals surface area contributed by atoms with Crippen LogP contribution in [-0.2, 0) is 0 Å². The molecule has 1 atom stereocenters. The zero-order valence-electron chi connectivity index (χ0n) is 9.59. The van der Waals surface area contributed by atoms with E-state index in [0.29, 0.717) is 16.1 Å². The minimum Gasteiger partial charge on any atom is -0.312 e. The summed E-state index contributed by atoms with van der Waals surface area (Å²) in [6, 6.07) is 6.17. The number of thioether (sulfide) groups is 1. The molecule has 1 nitrogen and oxygen atoms in total. The Morgan fingerprint density at radius 2 is 2.06 bits per heavy atom. The summed E-state index contributed by atoms with van der Waals surface area (Å²) in [7, 11) is 1.97. The maximum absolute atomic E-state index is 6.01. The molecular formula is C12H17Cl2NS. The van der Waals surface area contributed by atoms with Crippen LogP contribution >= 0.6 is 35.0 Å². The van der Waals surface area contributed by atoms with Gasteiger partial charge in [-0.15, -0.1) is 0 Å². The molecule has 1 unspecified atom stereocenters. The second-order valence-electron chi connectivity index (χ2n) is 3.59. The Hall–Kier alpha value is 0.110. The van der Waals surface area contributed by atoms with Crippen molar-refractivity contribution in [2.75, 3.05) is 18.6 Å². The molecule has 0 radical (unpaired) electrons. The Morgan fingerprint density at radius 1 is 1.31 bits per heavy atom. The molecule has 0 aliphatic rings. The smallest absolute Gasteiger partial charge is 0.0595 e. The van der Waals surface area contributed by atoms with Crippen LogP contribution in [0.3, 0.4) is 0 Å². The van der Waals surface area contributed by atoms with Crippen LogP contribution in [0.25, 0.3) is 0 Å². The van der Waals surface area contributed by atoms with Crippen LogP contribution in [0, 0.1) is 0 Å². The highest BCUT2D eigenvalue weighted by Gasteiger charge is 2.10. The van der Waals surface area contributed by atoms with Gasteiger partial charge in [0.1, 0.15) is 0 Å². The van der Waals surface area contributed by atoms with Crippen molar-refractivity contribution in [2.24, 2.45) is 0 Å². The maximum atomic E-state index is 6.01. The van der Waals surface area contributed by atoms with Crippen molar-refractivity contribution in [1.82, 2.24) is 5.32 Å². The monoisotopic (exact) mass is 277 g/mol. The van der Waals surface area contributed by atoms with Crippen molar-refractivity contribution < 1.29 is 0 Å². The third-order valence-electron chi connectivity index (χ3n) is 2.33. The van der Waals surface area contributed by atoms with E-state index in [0.717, 1.165) is 5.75 Å². The molecule has 0 saturated carbocycles. The summed E-state index contributed by atoms with van der Waals surface area (Å²) in [4.78, 5) is 0. The third-order valence-corrected chi connectivity index (χ3v) is 4.33. The van der Waals surface area contributed by atoms with Crippen molar-refractivity contribution in [3.63, 3.8) is 0 Å². The van der Waals surface area contributed by atoms with Gasteiger partial charge in [0.2, 0.25) is 0 Å². The Bertz CT molecular complexity index is 331. The first-order valence-electron chi connectivity index (χ1n) is 5.39. The molecule has 1 rings (SSSR count). The van der Waals surface area contributed by atoms with Gasteiger partial charge in [-0.1, -0.05) is 36.2 Å². The molecule has 0 aromatic heterocycles. The van der Waals surface area contributed by atoms with Crippen LogP contribution in [-0.4, -0.2) is 18.6 Å². The van der Waals surface area contributed by atoms with Crippen molar-refractivity contribution in [1.29, 1.82) is 0 Å². The van der Waals surface area contributed by atoms with Gasteiger partial charge in [-0.3, -0.25) is 0 Å². The maximum Gasteiger partial charge on any atom is 0.0595 e. The lowest BCUT2D eigenvalue weighted by Gasteiger charge is -2.16. The van der Waals surface area contributed by atoms with E-state index in [1.807, 2.05) is 37.0 Å². The SMILES string of the molecule is CCCSCC(NC)c1ccc(Cl)c(Cl)c1. The zero-order chi connectivity index (χ0) is 12.0. The van der Waals surface area contributed by atoms with Gasteiger partial charge < -0.3 is 5.32 Å². The second kappa shape index (κ2) is 7.44. The van der Waals surface area contributed by atoms with E-state index < -0.39 is 0 Å². The van der Waals surface area contributed by atoms with Gasteiger partial charge in [0.15, 0.2) is 0 Å². The first-order valence-corrected chi connectivity index (χ1v) is 7.30. The highest BCUT2D eigenvalue weighted by Crippen LogP contribution is 2.27. The number of rotatable bonds is 6. The summed E-state index contributed by atoms with van der Waals surface area (Å²) in [5.41, 5.74) is 1.19. The molecule has 1 aromatic carbocycles. The molecule has 4 heteroatoms. The van der Waals surface area contributed by atoms with Crippen LogP contribution < -0.4 is 5.32 Å². The topological polar surface area (TPSA) is 12.0 Å². The van der Waals surface area contributed by atoms with Gasteiger partial charge in [0.05, 0.1) is 10.0 Å². The van der Waals surface area contributed by atoms with Gasteiger partial charge in [0, 0.05) is 11.8 Å². The average Bonchev–Trinajstić information content (AvgIpc) is 2.29. The highest BCUT2D eigenvalue weighted by atomic mass is 35.5. The van der Waals surface area contributed by atoms with E-state index in [1.54, 1.807) is 0 Å². The van der Waals surface area contributed by atoms with Crippen molar-refractivity contribution in [2.45, 2.75) is 19.4 Å². The molecule has 0 amide bonds. The van der Waals surface area contributed by atoms with E-state index in [4.69, 9.17) is 23.2 Å². The Morgan fingerprint density at radius 3 is 2.62 bits per heavy atom. The van der Waals surface area contributed by atoms with Crippen molar-refractivity contribution in [3.05, 3.63) is 33.8 Å². The van der Waals surface area contributed by atoms with E-state index >= 15 is 0 Å². The lowest BCUT2D eigenvalue weighted by Crippen LogP contribution is -2.18. The third kappa shape index (κ3) is 4.17. The Balaban J connectivity index is 2.67. The fourth-order valence-corrected chi connectivity index (χ4v) is 2.78. The normalized spacial score (nSPS) is 12.8. The predicted octanol–water partition coefficient (Wildman–Crippen LogP) is 4.40. The lowest BCUT2D eigenvalue weighted by molar-refractivity contribution is 0.662. The average molecular weight is 278 g/mol. The summed E-state index contributed by atoms with van der Waals surface area (Å²) in [5.74, 6) is 2.25. The molecule has 0 bridgehead atoms. The first kappa shape index (κ1) is 14.2. The minimum atomic E-state index is 0.339. The van der Waals surface area contributed by atoms with Gasteiger partial charge in [-0.2, -0.15) is 11.8 Å². The molecule has 0 spiro atoms. The molecule has 90 valence electrons. The first-order chi connectivity index (χ1) is 7.69. The van der Waals surface area contributed by atoms with Crippen LogP contribution in [0.15, 0.2) is 18.2 Å². The van der Waals surface area contributed by atoms with E-state index in [-0.39, 0.29) is 0 Å². The van der Waals surface area contributed by atoms with Gasteiger partial charge in [0.25, 0.3) is 0 Å². The van der Waals surface area contributed by atoms with Crippen LogP contribution in [0.5, 0.6) is 0 Å². The fraction of sp³-hybridized carbons (Fsp3) is 0.500. The molecule has 0 aliphatic carbocycles. The second-order valence-corrected chi connectivity index (χ2v) is 5.55. The number of halogens is 2. The summed E-state index contributed by atoms with van der Waals surface area (Å²) < 4.78 is 0. The minimum absolute atomic E-state index is 0.339. The Labute approximate surface area is 112 Å². The number of hydrogen-bond donors (Lipinski definition) is 1. The quantitative estimate of drug-likeness (QED) is 0.774. The van der Waals surface area contributed by atoms with Crippen LogP contribution in [0.1, 0.15) is 24.9 Å². The molecule has 16 heavy (non-hydrogen) atoms. The zero-order valence-corrected chi connectivity index (χ0v) is 11.9. The summed E-state index contributed by atoms with van der Waals surface area (Å²) in [5, 5.41) is 4.54. The largest absolute Gasteiger partial charge is 0.312 e. The molecule has 1 N–H and O–H groups in total. The molecule has 0 saturated heterocycles. The summed E-state index contributed by atoms with van der Waals surface area (Å²) in [6.45, 7) is 2.19. The van der Waals surface area contributed by atoms with Gasteiger partial charge in [-0.25, -0.2) is 0 Å². The number of nitrogens with one attached hydrogen (secondary N) is 1. The van der Waals surface area contributed by atoms with Gasteiger partial charge >= 0.3 is 0 Å². The fourth-order valence-electron chi connectivity index (χ4n) is 1.42. The van der Waals surface area contributed by atoms with Crippen molar-refractivity contribution >= 4 is 35.0 Å². The van der Waals surface area contributed by atoms with Gasteiger partial charge in [-0.05, 0) is 36.9 Å². The molecule has 0 aliphatic heterocycles. The Kier molecular flexibility index (Phi) is 6.59.